The Morgan fingerprint density at radius 3 is 1.57 bits per heavy atom. The summed E-state index contributed by atoms with van der Waals surface area (Å²) in [7, 11) is 0. The normalized spacial score (nSPS) is 15.2. The number of rotatable bonds is 9. The lowest BCUT2D eigenvalue weighted by Crippen LogP contribution is -2.69. The van der Waals surface area contributed by atoms with Crippen LogP contribution in [0.15, 0.2) is 12.7 Å². The van der Waals surface area contributed by atoms with Crippen LogP contribution >= 0.6 is 0 Å². The summed E-state index contributed by atoms with van der Waals surface area (Å²) in [6, 6.07) is 0. The van der Waals surface area contributed by atoms with Crippen molar-refractivity contribution in [1.29, 1.82) is 0 Å². The van der Waals surface area contributed by atoms with Crippen LogP contribution in [-0.2, 0) is 4.74 Å². The van der Waals surface area contributed by atoms with Gasteiger partial charge in [-0.25, -0.2) is 8.78 Å². The number of hydrogen-bond donors (Lipinski definition) is 0. The third-order valence-corrected chi connectivity index (χ3v) is 2.46. The van der Waals surface area contributed by atoms with Gasteiger partial charge in [0.2, 0.25) is 0 Å². The maximum atomic E-state index is 13.0. The van der Waals surface area contributed by atoms with Gasteiger partial charge < -0.3 is 4.74 Å². The molecule has 0 rings (SSSR count). The summed E-state index contributed by atoms with van der Waals surface area (Å²) < 4.78 is 156. The van der Waals surface area contributed by atoms with E-state index >= 15 is 0 Å². The zero-order valence-corrected chi connectivity index (χ0v) is 10.7. The van der Waals surface area contributed by atoms with Crippen molar-refractivity contribution in [3.63, 3.8) is 0 Å². The van der Waals surface area contributed by atoms with E-state index in [-0.39, 0.29) is 0 Å². The SMILES string of the molecule is C=CCOCC(F)(F)C(F)(F)C(F)(F)C(F)(F)C(F)(F)C(F)F. The first-order chi connectivity index (χ1) is 10.0. The van der Waals surface area contributed by atoms with Gasteiger partial charge in [0.15, 0.2) is 0 Å². The van der Waals surface area contributed by atoms with Gasteiger partial charge in [-0.15, -0.1) is 6.58 Å². The molecule has 0 heterocycles. The lowest BCUT2D eigenvalue weighted by atomic mass is 9.94. The van der Waals surface area contributed by atoms with E-state index in [9.17, 15) is 52.7 Å². The van der Waals surface area contributed by atoms with Crippen LogP contribution in [0.3, 0.4) is 0 Å². The predicted octanol–water partition coefficient (Wildman–Crippen LogP) is 4.63. The van der Waals surface area contributed by atoms with Crippen LogP contribution < -0.4 is 0 Å². The first-order valence-corrected chi connectivity index (χ1v) is 5.36. The fourth-order valence-electron chi connectivity index (χ4n) is 1.13. The molecule has 0 N–H and O–H groups in total. The van der Waals surface area contributed by atoms with E-state index in [1.807, 2.05) is 0 Å². The van der Waals surface area contributed by atoms with Crippen LogP contribution in [0.2, 0.25) is 0 Å². The Labute approximate surface area is 120 Å². The lowest BCUT2D eigenvalue weighted by molar-refractivity contribution is -0.415. The quantitative estimate of drug-likeness (QED) is 0.326. The van der Waals surface area contributed by atoms with E-state index in [4.69, 9.17) is 0 Å². The Bertz CT molecular complexity index is 416. The standard InChI is InChI=1S/C10H8F12O/c1-2-3-23-4-6(13,14)8(17,18)10(21,22)9(19,20)7(15,16)5(11)12/h2,5H,1,3-4H2. The summed E-state index contributed by atoms with van der Waals surface area (Å²) in [6.07, 6.45) is -4.81. The Morgan fingerprint density at radius 1 is 0.783 bits per heavy atom. The molecular weight excluding hydrogens is 364 g/mol. The lowest BCUT2D eigenvalue weighted by Gasteiger charge is -2.39. The summed E-state index contributed by atoms with van der Waals surface area (Å²) in [5, 5.41) is 0. The highest BCUT2D eigenvalue weighted by Crippen LogP contribution is 2.58. The van der Waals surface area contributed by atoms with Crippen LogP contribution in [0.25, 0.3) is 0 Å². The molecule has 0 amide bonds. The van der Waals surface area contributed by atoms with Crippen LogP contribution in [-0.4, -0.2) is 49.3 Å². The Morgan fingerprint density at radius 2 is 1.22 bits per heavy atom. The van der Waals surface area contributed by atoms with Crippen molar-refractivity contribution < 1.29 is 57.4 Å². The topological polar surface area (TPSA) is 9.23 Å². The number of hydrogen-bond acceptors (Lipinski definition) is 1. The van der Waals surface area contributed by atoms with E-state index in [1.54, 1.807) is 0 Å². The fourth-order valence-corrected chi connectivity index (χ4v) is 1.13. The van der Waals surface area contributed by atoms with Crippen molar-refractivity contribution in [2.75, 3.05) is 13.2 Å². The largest absolute Gasteiger partial charge is 0.384 e. The molecule has 0 aromatic rings. The van der Waals surface area contributed by atoms with E-state index in [2.05, 4.69) is 11.3 Å². The molecule has 0 aromatic carbocycles. The Hall–Kier alpha value is -1.14. The van der Waals surface area contributed by atoms with Crippen molar-refractivity contribution in [2.45, 2.75) is 36.0 Å². The van der Waals surface area contributed by atoms with E-state index in [0.717, 1.165) is 0 Å². The molecule has 0 radical (unpaired) electrons. The minimum Gasteiger partial charge on any atom is -0.371 e. The van der Waals surface area contributed by atoms with Crippen molar-refractivity contribution in [3.8, 4) is 0 Å². The highest BCUT2D eigenvalue weighted by atomic mass is 19.4. The summed E-state index contributed by atoms with van der Waals surface area (Å²) in [4.78, 5) is 0. The van der Waals surface area contributed by atoms with Crippen LogP contribution in [0.1, 0.15) is 0 Å². The summed E-state index contributed by atoms with van der Waals surface area (Å²) in [6.45, 7) is -0.585. The molecular formula is C10H8F12O. The van der Waals surface area contributed by atoms with E-state index in [1.165, 1.54) is 0 Å². The summed E-state index contributed by atoms with van der Waals surface area (Å²) in [5.41, 5.74) is 0. The highest BCUT2D eigenvalue weighted by Gasteiger charge is 2.87. The highest BCUT2D eigenvalue weighted by molar-refractivity contribution is 5.09. The van der Waals surface area contributed by atoms with Gasteiger partial charge in [0.25, 0.3) is 0 Å². The van der Waals surface area contributed by atoms with Crippen molar-refractivity contribution >= 4 is 0 Å². The molecule has 23 heavy (non-hydrogen) atoms. The third-order valence-electron chi connectivity index (χ3n) is 2.46. The fraction of sp³-hybridized carbons (Fsp3) is 0.800. The third kappa shape index (κ3) is 3.38. The van der Waals surface area contributed by atoms with Gasteiger partial charge in [-0.1, -0.05) is 6.08 Å². The molecule has 0 bridgehead atoms. The molecule has 0 fully saturated rings. The van der Waals surface area contributed by atoms with Crippen molar-refractivity contribution in [3.05, 3.63) is 12.7 Å². The smallest absolute Gasteiger partial charge is 0.371 e. The van der Waals surface area contributed by atoms with Crippen molar-refractivity contribution in [2.24, 2.45) is 0 Å². The molecule has 0 aromatic heterocycles. The molecule has 0 saturated heterocycles. The van der Waals surface area contributed by atoms with Gasteiger partial charge >= 0.3 is 36.0 Å². The molecule has 138 valence electrons. The van der Waals surface area contributed by atoms with Crippen LogP contribution in [0, 0.1) is 0 Å². The maximum Gasteiger partial charge on any atom is 0.384 e. The molecule has 0 spiro atoms. The Balaban J connectivity index is 5.81. The minimum absolute atomic E-state index is 0.700. The molecule has 0 aliphatic rings. The van der Waals surface area contributed by atoms with Crippen LogP contribution in [0.4, 0.5) is 52.7 Å². The Kier molecular flexibility index (Phi) is 6.08. The summed E-state index contributed by atoms with van der Waals surface area (Å²) in [5.74, 6) is -35.2. The molecule has 1 nitrogen and oxygen atoms in total. The average Bonchev–Trinajstić information content (AvgIpc) is 2.37. The van der Waals surface area contributed by atoms with Gasteiger partial charge in [-0.3, -0.25) is 0 Å². The first kappa shape index (κ1) is 21.9. The average molecular weight is 372 g/mol. The first-order valence-electron chi connectivity index (χ1n) is 5.36. The van der Waals surface area contributed by atoms with E-state index in [0.29, 0.717) is 6.08 Å². The van der Waals surface area contributed by atoms with Gasteiger partial charge in [0, 0.05) is 0 Å². The second kappa shape index (κ2) is 6.40. The number of halogens is 12. The molecule has 0 unspecified atom stereocenters. The van der Waals surface area contributed by atoms with Gasteiger partial charge in [-0.2, -0.15) is 43.9 Å². The molecule has 0 aliphatic heterocycles. The van der Waals surface area contributed by atoms with Gasteiger partial charge in [0.1, 0.15) is 6.61 Å². The maximum absolute atomic E-state index is 13.0. The van der Waals surface area contributed by atoms with Crippen LogP contribution in [0.5, 0.6) is 0 Å². The minimum atomic E-state index is -7.51. The van der Waals surface area contributed by atoms with E-state index < -0.39 is 49.3 Å². The second-order valence-electron chi connectivity index (χ2n) is 4.16. The molecule has 13 heteroatoms. The van der Waals surface area contributed by atoms with Gasteiger partial charge in [0.05, 0.1) is 6.61 Å². The second-order valence-corrected chi connectivity index (χ2v) is 4.16. The number of ether oxygens (including phenoxy) is 1. The zero-order valence-electron chi connectivity index (χ0n) is 10.7. The predicted molar refractivity (Wildman–Crippen MR) is 51.8 cm³/mol. The summed E-state index contributed by atoms with van der Waals surface area (Å²) >= 11 is 0. The van der Waals surface area contributed by atoms with Crippen molar-refractivity contribution in [1.82, 2.24) is 0 Å². The molecule has 0 atom stereocenters. The number of alkyl halides is 12. The zero-order chi connectivity index (χ0) is 18.9. The van der Waals surface area contributed by atoms with Gasteiger partial charge in [-0.05, 0) is 0 Å². The molecule has 0 aliphatic carbocycles. The molecule has 0 saturated carbocycles. The monoisotopic (exact) mass is 372 g/mol.